The van der Waals surface area contributed by atoms with E-state index in [2.05, 4.69) is 24.3 Å². The lowest BCUT2D eigenvalue weighted by Crippen LogP contribution is -2.02. The SMILES string of the molecule is CC(=N)c1ccc(Nc2ccnn3cc(C)c(C)c23)cc1N. The van der Waals surface area contributed by atoms with E-state index in [1.807, 2.05) is 35.0 Å². The van der Waals surface area contributed by atoms with Crippen LogP contribution in [0.5, 0.6) is 0 Å². The van der Waals surface area contributed by atoms with Crippen LogP contribution in [-0.2, 0) is 0 Å². The molecule has 0 aliphatic carbocycles. The van der Waals surface area contributed by atoms with Crippen molar-refractivity contribution in [2.75, 3.05) is 11.1 Å². The van der Waals surface area contributed by atoms with E-state index in [0.29, 0.717) is 11.4 Å². The molecule has 3 aromatic rings. The third-order valence-electron chi connectivity index (χ3n) is 3.91. The van der Waals surface area contributed by atoms with Crippen molar-refractivity contribution in [3.63, 3.8) is 0 Å². The molecule has 112 valence electrons. The zero-order valence-electron chi connectivity index (χ0n) is 12.9. The van der Waals surface area contributed by atoms with Gasteiger partial charge in [0.2, 0.25) is 0 Å². The number of nitrogens with one attached hydrogen (secondary N) is 2. The highest BCUT2D eigenvalue weighted by molar-refractivity contribution is 6.01. The molecule has 2 aromatic heterocycles. The molecule has 0 saturated heterocycles. The second-order valence-corrected chi connectivity index (χ2v) is 5.53. The summed E-state index contributed by atoms with van der Waals surface area (Å²) in [5.74, 6) is 0. The van der Waals surface area contributed by atoms with Crippen LogP contribution >= 0.6 is 0 Å². The molecule has 4 N–H and O–H groups in total. The van der Waals surface area contributed by atoms with Crippen LogP contribution in [0, 0.1) is 19.3 Å². The fourth-order valence-corrected chi connectivity index (χ4v) is 2.62. The maximum atomic E-state index is 7.69. The number of nitrogens with zero attached hydrogens (tertiary/aromatic N) is 2. The van der Waals surface area contributed by atoms with Crippen LogP contribution in [0.25, 0.3) is 5.52 Å². The predicted molar refractivity (Wildman–Crippen MR) is 91.3 cm³/mol. The highest BCUT2D eigenvalue weighted by Crippen LogP contribution is 2.28. The van der Waals surface area contributed by atoms with E-state index in [1.165, 1.54) is 11.1 Å². The molecule has 0 unspecified atom stereocenters. The molecule has 0 spiro atoms. The Labute approximate surface area is 129 Å². The van der Waals surface area contributed by atoms with Gasteiger partial charge >= 0.3 is 0 Å². The van der Waals surface area contributed by atoms with Gasteiger partial charge in [0.05, 0.1) is 11.2 Å². The van der Waals surface area contributed by atoms with Gasteiger partial charge in [-0.2, -0.15) is 5.10 Å². The minimum absolute atomic E-state index is 0.466. The number of fused-ring (bicyclic) bond motifs is 1. The summed E-state index contributed by atoms with van der Waals surface area (Å²) in [7, 11) is 0. The Kier molecular flexibility index (Phi) is 3.33. The molecule has 3 rings (SSSR count). The predicted octanol–water partition coefficient (Wildman–Crippen LogP) is 3.66. The molecule has 5 nitrogen and oxygen atoms in total. The van der Waals surface area contributed by atoms with Crippen molar-refractivity contribution in [2.24, 2.45) is 0 Å². The molecular weight excluding hydrogens is 274 g/mol. The monoisotopic (exact) mass is 293 g/mol. The van der Waals surface area contributed by atoms with Crippen molar-refractivity contribution in [1.82, 2.24) is 9.61 Å². The van der Waals surface area contributed by atoms with Crippen molar-refractivity contribution in [3.8, 4) is 0 Å². The molecule has 0 aliphatic rings. The molecule has 2 heterocycles. The Hall–Kier alpha value is -2.82. The van der Waals surface area contributed by atoms with Gasteiger partial charge in [0.25, 0.3) is 0 Å². The first-order valence-electron chi connectivity index (χ1n) is 7.13. The standard InChI is InChI=1S/C17H19N5/c1-10-9-22-17(11(10)2)16(6-7-20-22)21-13-4-5-14(12(3)18)15(19)8-13/h4-9,18,21H,19H2,1-3H3. The van der Waals surface area contributed by atoms with Gasteiger partial charge in [-0.15, -0.1) is 0 Å². The lowest BCUT2D eigenvalue weighted by Gasteiger charge is -2.11. The number of nitrogens with two attached hydrogens (primary N) is 1. The number of rotatable bonds is 3. The van der Waals surface area contributed by atoms with Crippen molar-refractivity contribution >= 4 is 28.3 Å². The summed E-state index contributed by atoms with van der Waals surface area (Å²) < 4.78 is 1.88. The van der Waals surface area contributed by atoms with Crippen LogP contribution in [0.4, 0.5) is 17.1 Å². The summed E-state index contributed by atoms with van der Waals surface area (Å²) in [5.41, 5.74) is 13.2. The number of aromatic nitrogens is 2. The van der Waals surface area contributed by atoms with E-state index in [1.54, 1.807) is 13.1 Å². The fourth-order valence-electron chi connectivity index (χ4n) is 2.62. The third kappa shape index (κ3) is 2.30. The Morgan fingerprint density at radius 1 is 1.27 bits per heavy atom. The number of hydrogen-bond donors (Lipinski definition) is 3. The highest BCUT2D eigenvalue weighted by Gasteiger charge is 2.10. The second kappa shape index (κ2) is 5.18. The van der Waals surface area contributed by atoms with Crippen LogP contribution in [0.3, 0.4) is 0 Å². The van der Waals surface area contributed by atoms with E-state index >= 15 is 0 Å². The maximum absolute atomic E-state index is 7.69. The lowest BCUT2D eigenvalue weighted by molar-refractivity contribution is 0.938. The molecule has 0 aliphatic heterocycles. The molecule has 0 atom stereocenters. The second-order valence-electron chi connectivity index (χ2n) is 5.53. The Balaban J connectivity index is 2.04. The first-order chi connectivity index (χ1) is 10.5. The van der Waals surface area contributed by atoms with Gasteiger partial charge in [-0.05, 0) is 56.2 Å². The summed E-state index contributed by atoms with van der Waals surface area (Å²) >= 11 is 0. The van der Waals surface area contributed by atoms with Crippen molar-refractivity contribution in [2.45, 2.75) is 20.8 Å². The highest BCUT2D eigenvalue weighted by atomic mass is 15.2. The molecule has 5 heteroatoms. The van der Waals surface area contributed by atoms with Gasteiger partial charge in [-0.3, -0.25) is 0 Å². The zero-order chi connectivity index (χ0) is 15.9. The van der Waals surface area contributed by atoms with E-state index in [-0.39, 0.29) is 0 Å². The van der Waals surface area contributed by atoms with Gasteiger partial charge in [0.15, 0.2) is 0 Å². The van der Waals surface area contributed by atoms with Crippen molar-refractivity contribution in [1.29, 1.82) is 5.41 Å². The lowest BCUT2D eigenvalue weighted by atomic mass is 10.1. The number of hydrogen-bond acceptors (Lipinski definition) is 4. The topological polar surface area (TPSA) is 79.2 Å². The molecule has 1 aromatic carbocycles. The normalized spacial score (nSPS) is 10.9. The van der Waals surface area contributed by atoms with Gasteiger partial charge < -0.3 is 16.5 Å². The van der Waals surface area contributed by atoms with Crippen LogP contribution in [-0.4, -0.2) is 15.3 Å². The molecule has 0 radical (unpaired) electrons. The average molecular weight is 293 g/mol. The minimum Gasteiger partial charge on any atom is -0.398 e. The first-order valence-corrected chi connectivity index (χ1v) is 7.13. The largest absolute Gasteiger partial charge is 0.398 e. The number of nitrogen functional groups attached to an aromatic ring is 1. The molecule has 0 bridgehead atoms. The summed E-state index contributed by atoms with van der Waals surface area (Å²) in [6.45, 7) is 5.90. The van der Waals surface area contributed by atoms with Gasteiger partial charge in [0.1, 0.15) is 0 Å². The zero-order valence-corrected chi connectivity index (χ0v) is 12.9. The first kappa shape index (κ1) is 14.1. The maximum Gasteiger partial charge on any atom is 0.0913 e. The summed E-state index contributed by atoms with van der Waals surface area (Å²) in [6.07, 6.45) is 3.79. The quantitative estimate of drug-likeness (QED) is 0.509. The smallest absolute Gasteiger partial charge is 0.0913 e. The summed E-state index contributed by atoms with van der Waals surface area (Å²) in [4.78, 5) is 0. The van der Waals surface area contributed by atoms with Crippen LogP contribution in [0.1, 0.15) is 23.6 Å². The fraction of sp³-hybridized carbons (Fsp3) is 0.176. The van der Waals surface area contributed by atoms with E-state index in [9.17, 15) is 0 Å². The molecule has 22 heavy (non-hydrogen) atoms. The molecule has 0 fully saturated rings. The van der Waals surface area contributed by atoms with E-state index in [0.717, 1.165) is 22.5 Å². The van der Waals surface area contributed by atoms with Crippen molar-refractivity contribution in [3.05, 3.63) is 53.3 Å². The van der Waals surface area contributed by atoms with Crippen LogP contribution < -0.4 is 11.1 Å². The van der Waals surface area contributed by atoms with Gasteiger partial charge in [-0.1, -0.05) is 0 Å². The molecule has 0 saturated carbocycles. The van der Waals surface area contributed by atoms with Gasteiger partial charge in [0, 0.05) is 35.0 Å². The van der Waals surface area contributed by atoms with E-state index in [4.69, 9.17) is 11.1 Å². The van der Waals surface area contributed by atoms with Crippen LogP contribution in [0.15, 0.2) is 36.7 Å². The van der Waals surface area contributed by atoms with Crippen LogP contribution in [0.2, 0.25) is 0 Å². The Bertz CT molecular complexity index is 876. The molecule has 0 amide bonds. The Morgan fingerprint density at radius 3 is 2.73 bits per heavy atom. The summed E-state index contributed by atoms with van der Waals surface area (Å²) in [5, 5.41) is 15.4. The number of aryl methyl sites for hydroxylation is 2. The van der Waals surface area contributed by atoms with E-state index < -0.39 is 0 Å². The summed E-state index contributed by atoms with van der Waals surface area (Å²) in [6, 6.07) is 7.61. The number of benzene rings is 1. The van der Waals surface area contributed by atoms with Crippen molar-refractivity contribution < 1.29 is 0 Å². The number of anilines is 3. The van der Waals surface area contributed by atoms with Gasteiger partial charge in [-0.25, -0.2) is 4.52 Å². The minimum atomic E-state index is 0.466. The third-order valence-corrected chi connectivity index (χ3v) is 3.91. The average Bonchev–Trinajstić information content (AvgIpc) is 2.75. The Morgan fingerprint density at radius 2 is 2.05 bits per heavy atom. The molecular formula is C17H19N5.